The molecule has 3 rings (SSSR count). The van der Waals surface area contributed by atoms with Gasteiger partial charge in [0.2, 0.25) is 0 Å². The zero-order valence-corrected chi connectivity index (χ0v) is 21.2. The van der Waals surface area contributed by atoms with E-state index in [-0.39, 0.29) is 36.9 Å². The van der Waals surface area contributed by atoms with Crippen LogP contribution in [-0.4, -0.2) is 54.8 Å². The lowest BCUT2D eigenvalue weighted by Gasteiger charge is -2.40. The summed E-state index contributed by atoms with van der Waals surface area (Å²) in [7, 11) is 1.63. The SMILES string of the molecule is COC1CC(CCC(=O)[C@H]([O-])C(=O)CCCC2CCCCC2)CC(CC2CC[NH2+]C(N)C2)C1O. The van der Waals surface area contributed by atoms with E-state index >= 15 is 0 Å². The Kier molecular flexibility index (Phi) is 11.4. The van der Waals surface area contributed by atoms with Crippen molar-refractivity contribution < 1.29 is 29.9 Å². The quantitative estimate of drug-likeness (QED) is 0.363. The number of hydrogen-bond donors (Lipinski definition) is 3. The van der Waals surface area contributed by atoms with E-state index in [1.807, 2.05) is 0 Å². The highest BCUT2D eigenvalue weighted by Crippen LogP contribution is 2.38. The number of hydrogen-bond acceptors (Lipinski definition) is 6. The van der Waals surface area contributed by atoms with Crippen LogP contribution in [0.3, 0.4) is 0 Å². The van der Waals surface area contributed by atoms with E-state index in [1.165, 1.54) is 32.1 Å². The first kappa shape index (κ1) is 27.7. The van der Waals surface area contributed by atoms with E-state index in [1.54, 1.807) is 7.11 Å². The molecule has 1 aliphatic heterocycles. The lowest BCUT2D eigenvalue weighted by atomic mass is 9.71. The van der Waals surface area contributed by atoms with E-state index in [4.69, 9.17) is 10.5 Å². The number of aliphatic hydroxyl groups is 1. The van der Waals surface area contributed by atoms with Gasteiger partial charge in [-0.1, -0.05) is 38.5 Å². The monoisotopic (exact) mass is 480 g/mol. The Hall–Kier alpha value is -0.860. The van der Waals surface area contributed by atoms with Crippen LogP contribution in [0.5, 0.6) is 0 Å². The maximum absolute atomic E-state index is 12.5. The number of methoxy groups -OCH3 is 1. The molecule has 0 spiro atoms. The molecule has 5 N–H and O–H groups in total. The smallest absolute Gasteiger partial charge is 0.137 e. The number of Topliss-reactive ketones (excluding diaryl/α,β-unsaturated/α-hetero) is 2. The molecule has 7 atom stereocenters. The number of aliphatic hydroxyl groups excluding tert-OH is 1. The standard InChI is InChI=1S/C27H47N2O5/c1-34-24-16-19(14-21(26(24)32)15-20-12-13-29-25(28)17-20)10-11-23(31)27(33)22(30)9-5-8-18-6-3-2-4-7-18/h18-21,24-27,29,32H,2-17,28H2,1H3/q-1/p+1/t19?,20?,21?,24?,25?,26?,27-/m1/s1. The van der Waals surface area contributed by atoms with Crippen molar-refractivity contribution in [2.24, 2.45) is 29.4 Å². The van der Waals surface area contributed by atoms with Crippen LogP contribution < -0.4 is 16.2 Å². The van der Waals surface area contributed by atoms with Gasteiger partial charge in [0, 0.05) is 26.4 Å². The van der Waals surface area contributed by atoms with Gasteiger partial charge >= 0.3 is 0 Å². The van der Waals surface area contributed by atoms with Gasteiger partial charge < -0.3 is 29.9 Å². The predicted molar refractivity (Wildman–Crippen MR) is 129 cm³/mol. The molecule has 7 nitrogen and oxygen atoms in total. The second-order valence-electron chi connectivity index (χ2n) is 11.4. The minimum Gasteiger partial charge on any atom is -0.841 e. The number of quaternary nitrogens is 1. The highest BCUT2D eigenvalue weighted by molar-refractivity contribution is 6.04. The molecule has 0 aromatic carbocycles. The van der Waals surface area contributed by atoms with Crippen LogP contribution in [0.15, 0.2) is 0 Å². The summed E-state index contributed by atoms with van der Waals surface area (Å²) in [6.07, 6.45) is 11.2. The average Bonchev–Trinajstić information content (AvgIpc) is 2.84. The summed E-state index contributed by atoms with van der Waals surface area (Å²) in [5.41, 5.74) is 6.11. The van der Waals surface area contributed by atoms with E-state index < -0.39 is 23.8 Å². The van der Waals surface area contributed by atoms with Crippen LogP contribution in [0.1, 0.15) is 96.3 Å². The second-order valence-corrected chi connectivity index (χ2v) is 11.4. The van der Waals surface area contributed by atoms with E-state index in [0.29, 0.717) is 24.7 Å². The van der Waals surface area contributed by atoms with Crippen molar-refractivity contribution in [1.82, 2.24) is 0 Å². The molecule has 3 fully saturated rings. The Labute approximate surface area is 205 Å². The molecular weight excluding hydrogens is 432 g/mol. The van der Waals surface area contributed by atoms with Crippen molar-refractivity contribution >= 4 is 11.6 Å². The first-order valence-electron chi connectivity index (χ1n) is 13.9. The van der Waals surface area contributed by atoms with Crippen LogP contribution in [0.25, 0.3) is 0 Å². The molecule has 3 aliphatic rings. The summed E-state index contributed by atoms with van der Waals surface area (Å²) in [6, 6.07) is 0. The van der Waals surface area contributed by atoms with Gasteiger partial charge in [0.1, 0.15) is 17.7 Å². The Bertz CT molecular complexity index is 639. The fourth-order valence-corrected chi connectivity index (χ4v) is 6.76. The fraction of sp³-hybridized carbons (Fsp3) is 0.926. The maximum atomic E-state index is 12.5. The third-order valence-electron chi connectivity index (χ3n) is 8.80. The molecule has 34 heavy (non-hydrogen) atoms. The molecule has 1 heterocycles. The van der Waals surface area contributed by atoms with Crippen molar-refractivity contribution in [2.75, 3.05) is 13.7 Å². The molecule has 0 amide bonds. The van der Waals surface area contributed by atoms with Crippen molar-refractivity contribution in [3.63, 3.8) is 0 Å². The van der Waals surface area contributed by atoms with E-state index in [2.05, 4.69) is 5.32 Å². The van der Waals surface area contributed by atoms with Gasteiger partial charge in [-0.25, -0.2) is 0 Å². The van der Waals surface area contributed by atoms with E-state index in [0.717, 1.165) is 45.1 Å². The molecule has 0 bridgehead atoms. The van der Waals surface area contributed by atoms with Gasteiger partial charge in [-0.3, -0.25) is 5.73 Å². The van der Waals surface area contributed by atoms with Crippen LogP contribution in [0.4, 0.5) is 0 Å². The molecule has 0 aromatic rings. The normalized spacial score (nSPS) is 34.0. The van der Waals surface area contributed by atoms with Crippen molar-refractivity contribution in [2.45, 2.75) is 121 Å². The van der Waals surface area contributed by atoms with E-state index in [9.17, 15) is 19.8 Å². The molecule has 0 aromatic heterocycles. The predicted octanol–water partition coefficient (Wildman–Crippen LogP) is 1.43. The first-order valence-corrected chi connectivity index (χ1v) is 13.9. The number of ketones is 2. The Morgan fingerprint density at radius 1 is 1.00 bits per heavy atom. The van der Waals surface area contributed by atoms with Gasteiger partial charge in [0.15, 0.2) is 0 Å². The number of piperidine rings is 1. The molecule has 2 aliphatic carbocycles. The third-order valence-corrected chi connectivity index (χ3v) is 8.80. The molecule has 196 valence electrons. The number of nitrogens with two attached hydrogens (primary N) is 2. The topological polar surface area (TPSA) is 129 Å². The summed E-state index contributed by atoms with van der Waals surface area (Å²) in [5.74, 6) is 0.646. The Morgan fingerprint density at radius 2 is 1.74 bits per heavy atom. The van der Waals surface area contributed by atoms with Gasteiger partial charge in [0.25, 0.3) is 0 Å². The molecular formula is C27H48N2O5. The second kappa shape index (κ2) is 14.0. The number of carbonyl (C=O) groups excluding carboxylic acids is 2. The number of carbonyl (C=O) groups is 2. The first-order chi connectivity index (χ1) is 16.4. The van der Waals surface area contributed by atoms with Crippen LogP contribution in [0, 0.1) is 23.7 Å². The van der Waals surface area contributed by atoms with Crippen molar-refractivity contribution in [1.29, 1.82) is 0 Å². The molecule has 7 heteroatoms. The van der Waals surface area contributed by atoms with Crippen molar-refractivity contribution in [3.8, 4) is 0 Å². The summed E-state index contributed by atoms with van der Waals surface area (Å²) in [6.45, 7) is 1.03. The van der Waals surface area contributed by atoms with Crippen molar-refractivity contribution in [3.05, 3.63) is 0 Å². The lowest BCUT2D eigenvalue weighted by molar-refractivity contribution is -0.699. The zero-order valence-electron chi connectivity index (χ0n) is 21.2. The minimum absolute atomic E-state index is 0.124. The minimum atomic E-state index is -1.73. The van der Waals surface area contributed by atoms with Gasteiger partial charge in [-0.2, -0.15) is 0 Å². The number of rotatable bonds is 12. The maximum Gasteiger partial charge on any atom is 0.137 e. The fourth-order valence-electron chi connectivity index (χ4n) is 6.76. The summed E-state index contributed by atoms with van der Waals surface area (Å²) in [5, 5.41) is 25.4. The highest BCUT2D eigenvalue weighted by Gasteiger charge is 2.39. The number of ether oxygens (including phenoxy) is 1. The van der Waals surface area contributed by atoms with Gasteiger partial charge in [-0.05, 0) is 68.3 Å². The largest absolute Gasteiger partial charge is 0.841 e. The summed E-state index contributed by atoms with van der Waals surface area (Å²) in [4.78, 5) is 24.8. The lowest BCUT2D eigenvalue weighted by Crippen LogP contribution is -2.94. The molecule has 1 saturated heterocycles. The molecule has 0 radical (unpaired) electrons. The Balaban J connectivity index is 1.42. The van der Waals surface area contributed by atoms with Gasteiger partial charge in [0.05, 0.1) is 18.8 Å². The molecule has 6 unspecified atom stereocenters. The van der Waals surface area contributed by atoms with Crippen LogP contribution in [-0.2, 0) is 14.3 Å². The van der Waals surface area contributed by atoms with Crippen LogP contribution in [0.2, 0.25) is 0 Å². The highest BCUT2D eigenvalue weighted by atomic mass is 16.5. The van der Waals surface area contributed by atoms with Gasteiger partial charge in [-0.15, -0.1) is 0 Å². The summed E-state index contributed by atoms with van der Waals surface area (Å²) >= 11 is 0. The average molecular weight is 481 g/mol. The zero-order chi connectivity index (χ0) is 24.5. The van der Waals surface area contributed by atoms with Crippen LogP contribution >= 0.6 is 0 Å². The third kappa shape index (κ3) is 8.37. The Morgan fingerprint density at radius 3 is 2.44 bits per heavy atom. The summed E-state index contributed by atoms with van der Waals surface area (Å²) < 4.78 is 5.58. The molecule has 2 saturated carbocycles.